The van der Waals surface area contributed by atoms with E-state index in [1.807, 2.05) is 23.5 Å². The summed E-state index contributed by atoms with van der Waals surface area (Å²) in [5, 5.41) is 3.02. The molecule has 0 saturated carbocycles. The molecule has 1 atom stereocenters. The number of methoxy groups -OCH3 is 1. The second-order valence-electron chi connectivity index (χ2n) is 6.14. The molecule has 1 aliphatic heterocycles. The van der Waals surface area contributed by atoms with E-state index in [0.717, 1.165) is 41.5 Å². The van der Waals surface area contributed by atoms with E-state index < -0.39 is 18.1 Å². The van der Waals surface area contributed by atoms with Gasteiger partial charge in [-0.05, 0) is 49.9 Å². The molecule has 1 aromatic heterocycles. The van der Waals surface area contributed by atoms with Crippen LogP contribution >= 0.6 is 0 Å². The number of benzene rings is 1. The molecule has 2 heterocycles. The van der Waals surface area contributed by atoms with Crippen LogP contribution in [-0.2, 0) is 24.2 Å². The molecule has 0 fully saturated rings. The summed E-state index contributed by atoms with van der Waals surface area (Å²) in [6.45, 7) is 2.50. The Hall–Kier alpha value is -2.18. The number of halogens is 3. The fraction of sp³-hybridized carbons (Fsp3) is 0.471. The summed E-state index contributed by atoms with van der Waals surface area (Å²) in [5.74, 6) is -1.19. The van der Waals surface area contributed by atoms with Gasteiger partial charge < -0.3 is 14.6 Å². The van der Waals surface area contributed by atoms with Crippen molar-refractivity contribution in [3.8, 4) is 5.75 Å². The smallest absolute Gasteiger partial charge is 0.471 e. The van der Waals surface area contributed by atoms with Gasteiger partial charge >= 0.3 is 12.1 Å². The highest BCUT2D eigenvalue weighted by atomic mass is 19.4. The van der Waals surface area contributed by atoms with Crippen molar-refractivity contribution in [3.05, 3.63) is 29.5 Å². The normalized spacial score (nSPS) is 15.4. The number of amides is 1. The molecule has 0 radical (unpaired) electrons. The van der Waals surface area contributed by atoms with Gasteiger partial charge in [0.15, 0.2) is 0 Å². The molecular formula is C17H19F3N2O2. The molecule has 1 aromatic carbocycles. The van der Waals surface area contributed by atoms with Gasteiger partial charge in [-0.1, -0.05) is 0 Å². The molecule has 1 aliphatic rings. The molecule has 0 bridgehead atoms. The quantitative estimate of drug-likeness (QED) is 0.929. The first-order valence-electron chi connectivity index (χ1n) is 7.87. The zero-order chi connectivity index (χ0) is 17.5. The molecule has 3 rings (SSSR count). The number of fused-ring (bicyclic) bond motifs is 3. The molecule has 0 spiro atoms. The number of aromatic nitrogens is 1. The highest BCUT2D eigenvalue weighted by molar-refractivity contribution is 5.87. The fourth-order valence-electron chi connectivity index (χ4n) is 3.42. The number of aryl methyl sites for hydroxylation is 1. The minimum atomic E-state index is -4.86. The Morgan fingerprint density at radius 3 is 2.83 bits per heavy atom. The maximum atomic E-state index is 12.4. The number of carbonyl (C=O) groups is 1. The lowest BCUT2D eigenvalue weighted by Gasteiger charge is -2.16. The topological polar surface area (TPSA) is 43.3 Å². The fourth-order valence-corrected chi connectivity index (χ4v) is 3.42. The lowest BCUT2D eigenvalue weighted by atomic mass is 10.0. The van der Waals surface area contributed by atoms with Gasteiger partial charge in [-0.3, -0.25) is 4.79 Å². The number of alkyl halides is 3. The third-order valence-electron chi connectivity index (χ3n) is 4.43. The summed E-state index contributed by atoms with van der Waals surface area (Å²) in [7, 11) is 1.58. The van der Waals surface area contributed by atoms with Gasteiger partial charge in [-0.2, -0.15) is 13.2 Å². The van der Waals surface area contributed by atoms with E-state index in [1.165, 1.54) is 0 Å². The number of hydrogen-bond donors (Lipinski definition) is 1. The second-order valence-corrected chi connectivity index (χ2v) is 6.14. The van der Waals surface area contributed by atoms with Crippen LogP contribution in [0.4, 0.5) is 13.2 Å². The molecule has 0 aliphatic carbocycles. The third kappa shape index (κ3) is 2.95. The molecular weight excluding hydrogens is 321 g/mol. The standard InChI is InChI=1S/C17H19F3N2O2/c1-10(21-16(23)17(18,19)20)8-12-13-9-11(24-2)5-6-15(13)22-7-3-4-14(12)22/h5-6,9-10H,3-4,7-8H2,1-2H3,(H,21,23)/t10-/m0/s1. The molecule has 4 nitrogen and oxygen atoms in total. The van der Waals surface area contributed by atoms with Crippen LogP contribution in [0.1, 0.15) is 24.6 Å². The maximum absolute atomic E-state index is 12.4. The van der Waals surface area contributed by atoms with E-state index >= 15 is 0 Å². The summed E-state index contributed by atoms with van der Waals surface area (Å²) in [6, 6.07) is 5.16. The van der Waals surface area contributed by atoms with Gasteiger partial charge in [0.2, 0.25) is 0 Å². The molecule has 0 saturated heterocycles. The Morgan fingerprint density at radius 2 is 2.17 bits per heavy atom. The first kappa shape index (κ1) is 16.7. The molecule has 0 unspecified atom stereocenters. The number of rotatable bonds is 4. The Morgan fingerprint density at radius 1 is 1.42 bits per heavy atom. The van der Waals surface area contributed by atoms with Crippen LogP contribution in [0.3, 0.4) is 0 Å². The monoisotopic (exact) mass is 340 g/mol. The van der Waals surface area contributed by atoms with Crippen LogP contribution in [0.25, 0.3) is 10.9 Å². The Kier molecular flexibility index (Phi) is 4.19. The maximum Gasteiger partial charge on any atom is 0.471 e. The van der Waals surface area contributed by atoms with Crippen molar-refractivity contribution in [2.24, 2.45) is 0 Å². The molecule has 1 N–H and O–H groups in total. The molecule has 130 valence electrons. The average Bonchev–Trinajstić information content (AvgIpc) is 3.09. The van der Waals surface area contributed by atoms with Crippen molar-refractivity contribution < 1.29 is 22.7 Å². The highest BCUT2D eigenvalue weighted by Gasteiger charge is 2.39. The summed E-state index contributed by atoms with van der Waals surface area (Å²) < 4.78 is 44.8. The van der Waals surface area contributed by atoms with E-state index in [4.69, 9.17) is 4.74 Å². The van der Waals surface area contributed by atoms with Crippen molar-refractivity contribution in [2.75, 3.05) is 7.11 Å². The second kappa shape index (κ2) is 6.03. The van der Waals surface area contributed by atoms with Gasteiger partial charge in [0.1, 0.15) is 5.75 Å². The predicted octanol–water partition coefficient (Wildman–Crippen LogP) is 3.21. The largest absolute Gasteiger partial charge is 0.497 e. The van der Waals surface area contributed by atoms with Gasteiger partial charge in [0.25, 0.3) is 0 Å². The van der Waals surface area contributed by atoms with Gasteiger partial charge in [-0.25, -0.2) is 0 Å². The SMILES string of the molecule is COc1ccc2c(c1)c(C[C@H](C)NC(=O)C(F)(F)F)c1n2CCC1. The van der Waals surface area contributed by atoms with Crippen LogP contribution in [0, 0.1) is 0 Å². The number of carbonyl (C=O) groups excluding carboxylic acids is 1. The van der Waals surface area contributed by atoms with Gasteiger partial charge in [-0.15, -0.1) is 0 Å². The van der Waals surface area contributed by atoms with Crippen LogP contribution in [0.15, 0.2) is 18.2 Å². The Balaban J connectivity index is 1.92. The van der Waals surface area contributed by atoms with Crippen molar-refractivity contribution in [3.63, 3.8) is 0 Å². The van der Waals surface area contributed by atoms with Crippen LogP contribution in [0.5, 0.6) is 5.75 Å². The Labute approximate surface area is 137 Å². The van der Waals surface area contributed by atoms with E-state index in [9.17, 15) is 18.0 Å². The number of nitrogens with one attached hydrogen (secondary N) is 1. The summed E-state index contributed by atoms with van der Waals surface area (Å²) in [4.78, 5) is 11.1. The first-order chi connectivity index (χ1) is 11.3. The molecule has 7 heteroatoms. The lowest BCUT2D eigenvalue weighted by Crippen LogP contribution is -2.42. The van der Waals surface area contributed by atoms with E-state index in [-0.39, 0.29) is 0 Å². The number of ether oxygens (including phenoxy) is 1. The lowest BCUT2D eigenvalue weighted by molar-refractivity contribution is -0.174. The van der Waals surface area contributed by atoms with Crippen molar-refractivity contribution in [2.45, 2.75) is 44.9 Å². The molecule has 1 amide bonds. The van der Waals surface area contributed by atoms with E-state index in [2.05, 4.69) is 4.57 Å². The van der Waals surface area contributed by atoms with Crippen molar-refractivity contribution in [1.82, 2.24) is 9.88 Å². The summed E-state index contributed by atoms with van der Waals surface area (Å²) in [5.41, 5.74) is 3.20. The molecule has 2 aromatic rings. The van der Waals surface area contributed by atoms with Crippen molar-refractivity contribution >= 4 is 16.8 Å². The zero-order valence-corrected chi connectivity index (χ0v) is 13.5. The minimum absolute atomic E-state index is 0.355. The number of hydrogen-bond acceptors (Lipinski definition) is 2. The minimum Gasteiger partial charge on any atom is -0.497 e. The van der Waals surface area contributed by atoms with Gasteiger partial charge in [0.05, 0.1) is 7.11 Å². The highest BCUT2D eigenvalue weighted by Crippen LogP contribution is 2.34. The zero-order valence-electron chi connectivity index (χ0n) is 13.5. The van der Waals surface area contributed by atoms with Crippen LogP contribution in [0.2, 0.25) is 0 Å². The third-order valence-corrected chi connectivity index (χ3v) is 4.43. The first-order valence-corrected chi connectivity index (χ1v) is 7.87. The van der Waals surface area contributed by atoms with E-state index in [0.29, 0.717) is 12.2 Å². The van der Waals surface area contributed by atoms with Crippen LogP contribution < -0.4 is 10.1 Å². The van der Waals surface area contributed by atoms with Crippen molar-refractivity contribution in [1.29, 1.82) is 0 Å². The average molecular weight is 340 g/mol. The van der Waals surface area contributed by atoms with E-state index in [1.54, 1.807) is 14.0 Å². The molecule has 24 heavy (non-hydrogen) atoms. The summed E-state index contributed by atoms with van der Waals surface area (Å²) >= 11 is 0. The summed E-state index contributed by atoms with van der Waals surface area (Å²) in [6.07, 6.45) is -2.59. The Bertz CT molecular complexity index is 780. The number of nitrogens with zero attached hydrogens (tertiary/aromatic N) is 1. The van der Waals surface area contributed by atoms with Crippen LogP contribution in [-0.4, -0.2) is 29.8 Å². The van der Waals surface area contributed by atoms with Gasteiger partial charge in [0, 0.05) is 29.2 Å². The predicted molar refractivity (Wildman–Crippen MR) is 84.2 cm³/mol.